The highest BCUT2D eigenvalue weighted by Crippen LogP contribution is 2.42. The van der Waals surface area contributed by atoms with Gasteiger partial charge in [0.1, 0.15) is 11.7 Å². The number of esters is 1. The predicted octanol–water partition coefficient (Wildman–Crippen LogP) is 2.33. The molecule has 3 atom stereocenters. The Morgan fingerprint density at radius 1 is 1.19 bits per heavy atom. The number of carbonyl (C=O) groups excluding carboxylic acids is 2. The van der Waals surface area contributed by atoms with Crippen LogP contribution in [-0.4, -0.2) is 18.9 Å². The molecule has 0 saturated heterocycles. The van der Waals surface area contributed by atoms with Crippen LogP contribution < -0.4 is 0 Å². The first kappa shape index (κ1) is 11.6. The molecule has 3 heteroatoms. The SMILES string of the molecule is COC(=O)[C@H]1C(=O)C[C@@H]2CCCCCC[C@@H]21. The molecule has 2 aliphatic rings. The minimum Gasteiger partial charge on any atom is -0.468 e. The number of carbonyl (C=O) groups is 2. The molecule has 16 heavy (non-hydrogen) atoms. The predicted molar refractivity (Wildman–Crippen MR) is 59.8 cm³/mol. The Hall–Kier alpha value is -0.860. The Morgan fingerprint density at radius 3 is 2.56 bits per heavy atom. The van der Waals surface area contributed by atoms with Crippen LogP contribution in [0.2, 0.25) is 0 Å². The Balaban J connectivity index is 2.12. The molecule has 0 bridgehead atoms. The van der Waals surface area contributed by atoms with Crippen molar-refractivity contribution < 1.29 is 14.3 Å². The molecule has 0 aromatic heterocycles. The number of rotatable bonds is 1. The van der Waals surface area contributed by atoms with Gasteiger partial charge < -0.3 is 4.74 Å². The molecule has 0 heterocycles. The molecule has 0 N–H and O–H groups in total. The van der Waals surface area contributed by atoms with Crippen molar-refractivity contribution in [2.24, 2.45) is 17.8 Å². The van der Waals surface area contributed by atoms with Crippen LogP contribution in [0.15, 0.2) is 0 Å². The highest BCUT2D eigenvalue weighted by Gasteiger charge is 2.46. The summed E-state index contributed by atoms with van der Waals surface area (Å²) in [5, 5.41) is 0. The topological polar surface area (TPSA) is 43.4 Å². The van der Waals surface area contributed by atoms with E-state index in [0.29, 0.717) is 12.3 Å². The van der Waals surface area contributed by atoms with Gasteiger partial charge in [-0.05, 0) is 24.7 Å². The number of ether oxygens (including phenoxy) is 1. The molecule has 90 valence electrons. The first-order valence-electron chi connectivity index (χ1n) is 6.34. The summed E-state index contributed by atoms with van der Waals surface area (Å²) in [5.74, 6) is 0.0621. The third kappa shape index (κ3) is 2.13. The Bertz CT molecular complexity index is 285. The number of fused-ring (bicyclic) bond motifs is 1. The van der Waals surface area contributed by atoms with Gasteiger partial charge in [0, 0.05) is 6.42 Å². The van der Waals surface area contributed by atoms with Crippen LogP contribution in [0.3, 0.4) is 0 Å². The molecule has 0 amide bonds. The normalized spacial score (nSPS) is 35.1. The maximum absolute atomic E-state index is 11.9. The van der Waals surface area contributed by atoms with Gasteiger partial charge in [-0.25, -0.2) is 0 Å². The first-order chi connectivity index (χ1) is 7.74. The fraction of sp³-hybridized carbons (Fsp3) is 0.846. The molecule has 0 aromatic rings. The van der Waals surface area contributed by atoms with E-state index in [9.17, 15) is 9.59 Å². The van der Waals surface area contributed by atoms with Gasteiger partial charge >= 0.3 is 5.97 Å². The second kappa shape index (κ2) is 4.98. The fourth-order valence-corrected chi connectivity index (χ4v) is 3.34. The molecule has 0 spiro atoms. The van der Waals surface area contributed by atoms with Crippen LogP contribution in [0.1, 0.15) is 44.9 Å². The summed E-state index contributed by atoms with van der Waals surface area (Å²) in [4.78, 5) is 23.5. The van der Waals surface area contributed by atoms with Gasteiger partial charge in [0.2, 0.25) is 0 Å². The van der Waals surface area contributed by atoms with Gasteiger partial charge in [0.25, 0.3) is 0 Å². The Morgan fingerprint density at radius 2 is 1.88 bits per heavy atom. The molecule has 3 nitrogen and oxygen atoms in total. The maximum atomic E-state index is 11.9. The van der Waals surface area contributed by atoms with E-state index in [1.807, 2.05) is 0 Å². The molecule has 2 rings (SSSR count). The van der Waals surface area contributed by atoms with Crippen molar-refractivity contribution in [2.45, 2.75) is 44.9 Å². The van der Waals surface area contributed by atoms with E-state index < -0.39 is 5.92 Å². The molecule has 2 fully saturated rings. The van der Waals surface area contributed by atoms with Gasteiger partial charge in [0.15, 0.2) is 0 Å². The van der Waals surface area contributed by atoms with Crippen molar-refractivity contribution in [3.63, 3.8) is 0 Å². The van der Waals surface area contributed by atoms with Crippen LogP contribution >= 0.6 is 0 Å². The monoisotopic (exact) mass is 224 g/mol. The van der Waals surface area contributed by atoms with Crippen molar-refractivity contribution in [2.75, 3.05) is 7.11 Å². The number of Topliss-reactive ketones (excluding diaryl/α,β-unsaturated/α-hetero) is 1. The lowest BCUT2D eigenvalue weighted by atomic mass is 9.80. The third-order valence-electron chi connectivity index (χ3n) is 4.16. The van der Waals surface area contributed by atoms with Gasteiger partial charge in [0.05, 0.1) is 7.11 Å². The summed E-state index contributed by atoms with van der Waals surface area (Å²) in [5.41, 5.74) is 0. The molecule has 2 saturated carbocycles. The fourth-order valence-electron chi connectivity index (χ4n) is 3.34. The lowest BCUT2D eigenvalue weighted by molar-refractivity contribution is -0.150. The van der Waals surface area contributed by atoms with Crippen molar-refractivity contribution in [3.05, 3.63) is 0 Å². The zero-order valence-electron chi connectivity index (χ0n) is 9.91. The van der Waals surface area contributed by atoms with E-state index in [1.54, 1.807) is 0 Å². The minimum absolute atomic E-state index is 0.115. The first-order valence-corrected chi connectivity index (χ1v) is 6.34. The molecular weight excluding hydrogens is 204 g/mol. The highest BCUT2D eigenvalue weighted by molar-refractivity contribution is 6.01. The van der Waals surface area contributed by atoms with Crippen LogP contribution in [0.4, 0.5) is 0 Å². The van der Waals surface area contributed by atoms with Crippen LogP contribution in [-0.2, 0) is 14.3 Å². The van der Waals surface area contributed by atoms with E-state index in [2.05, 4.69) is 0 Å². The lowest BCUT2D eigenvalue weighted by Gasteiger charge is -2.24. The summed E-state index contributed by atoms with van der Waals surface area (Å²) >= 11 is 0. The molecule has 0 aromatic carbocycles. The standard InChI is InChI=1S/C13H20O3/c1-16-13(15)12-10-7-5-3-2-4-6-9(10)8-11(12)14/h9-10,12H,2-8H2,1H3/t9-,10-,12+/m0/s1. The van der Waals surface area contributed by atoms with Gasteiger partial charge in [-0.15, -0.1) is 0 Å². The average molecular weight is 224 g/mol. The average Bonchev–Trinajstić information content (AvgIpc) is 2.54. The number of ketones is 1. The second-order valence-electron chi connectivity index (χ2n) is 5.09. The quantitative estimate of drug-likeness (QED) is 0.507. The molecule has 2 aliphatic carbocycles. The molecular formula is C13H20O3. The smallest absolute Gasteiger partial charge is 0.316 e. The summed E-state index contributed by atoms with van der Waals surface area (Å²) in [6.45, 7) is 0. The zero-order chi connectivity index (χ0) is 11.5. The van der Waals surface area contributed by atoms with Crippen molar-refractivity contribution in [1.82, 2.24) is 0 Å². The lowest BCUT2D eigenvalue weighted by Crippen LogP contribution is -2.28. The number of hydrogen-bond acceptors (Lipinski definition) is 3. The minimum atomic E-state index is -0.451. The summed E-state index contributed by atoms with van der Waals surface area (Å²) < 4.78 is 4.77. The van der Waals surface area contributed by atoms with Gasteiger partial charge in [-0.3, -0.25) is 9.59 Å². The van der Waals surface area contributed by atoms with Crippen molar-refractivity contribution in [1.29, 1.82) is 0 Å². The van der Waals surface area contributed by atoms with Crippen LogP contribution in [0.25, 0.3) is 0 Å². The highest BCUT2D eigenvalue weighted by atomic mass is 16.5. The van der Waals surface area contributed by atoms with Gasteiger partial charge in [-0.1, -0.05) is 25.7 Å². The summed E-state index contributed by atoms with van der Waals surface area (Å²) in [6, 6.07) is 0. The molecule has 0 aliphatic heterocycles. The van der Waals surface area contributed by atoms with E-state index in [4.69, 9.17) is 4.74 Å². The zero-order valence-corrected chi connectivity index (χ0v) is 9.91. The molecule has 0 unspecified atom stereocenters. The third-order valence-corrected chi connectivity index (χ3v) is 4.16. The largest absolute Gasteiger partial charge is 0.468 e. The van der Waals surface area contributed by atoms with E-state index in [0.717, 1.165) is 19.3 Å². The summed E-state index contributed by atoms with van der Waals surface area (Å²) in [6.07, 6.45) is 7.63. The van der Waals surface area contributed by atoms with Crippen LogP contribution in [0, 0.1) is 17.8 Å². The second-order valence-corrected chi connectivity index (χ2v) is 5.09. The molecule has 0 radical (unpaired) electrons. The number of methoxy groups -OCH3 is 1. The summed E-state index contributed by atoms with van der Waals surface area (Å²) in [7, 11) is 1.38. The van der Waals surface area contributed by atoms with E-state index in [1.165, 1.54) is 26.4 Å². The van der Waals surface area contributed by atoms with Crippen molar-refractivity contribution in [3.8, 4) is 0 Å². The Kier molecular flexibility index (Phi) is 3.62. The van der Waals surface area contributed by atoms with Crippen LogP contribution in [0.5, 0.6) is 0 Å². The van der Waals surface area contributed by atoms with Crippen molar-refractivity contribution >= 4 is 11.8 Å². The van der Waals surface area contributed by atoms with Gasteiger partial charge in [-0.2, -0.15) is 0 Å². The van der Waals surface area contributed by atoms with E-state index in [-0.39, 0.29) is 17.7 Å². The van der Waals surface area contributed by atoms with E-state index >= 15 is 0 Å². The number of hydrogen-bond donors (Lipinski definition) is 0. The maximum Gasteiger partial charge on any atom is 0.316 e. The Labute approximate surface area is 96.5 Å².